The van der Waals surface area contributed by atoms with E-state index in [-0.39, 0.29) is 23.4 Å². The van der Waals surface area contributed by atoms with Crippen LogP contribution in [-0.4, -0.2) is 55.2 Å². The average molecular weight is 492 g/mol. The zero-order valence-corrected chi connectivity index (χ0v) is 21.3. The summed E-state index contributed by atoms with van der Waals surface area (Å²) in [5.74, 6) is -1.67. The minimum Gasteiger partial charge on any atom is -0.467 e. The number of aryl methyl sites for hydroxylation is 1. The van der Waals surface area contributed by atoms with Crippen molar-refractivity contribution in [1.29, 1.82) is 0 Å². The Morgan fingerprint density at radius 2 is 1.79 bits per heavy atom. The van der Waals surface area contributed by atoms with Crippen LogP contribution in [0.3, 0.4) is 0 Å². The van der Waals surface area contributed by atoms with E-state index in [4.69, 9.17) is 9.47 Å². The van der Waals surface area contributed by atoms with Crippen LogP contribution in [0.2, 0.25) is 0 Å². The van der Waals surface area contributed by atoms with Crippen molar-refractivity contribution in [2.75, 3.05) is 13.7 Å². The Balaban J connectivity index is 2.93. The molecular formula is C24H33N3O6S. The topological polar surface area (TPSA) is 123 Å². The van der Waals surface area contributed by atoms with Crippen molar-refractivity contribution in [2.24, 2.45) is 0 Å². The molecule has 9 nitrogen and oxygen atoms in total. The van der Waals surface area contributed by atoms with Crippen molar-refractivity contribution in [3.05, 3.63) is 58.3 Å². The van der Waals surface area contributed by atoms with Gasteiger partial charge in [0.2, 0.25) is 0 Å². The molecule has 0 aliphatic heterocycles. The molecule has 1 heterocycles. The molecule has 1 aromatic heterocycles. The third-order valence-electron chi connectivity index (χ3n) is 4.38. The van der Waals surface area contributed by atoms with Crippen LogP contribution in [-0.2, 0) is 14.3 Å². The molecule has 0 aromatic carbocycles. The van der Waals surface area contributed by atoms with Gasteiger partial charge in [0.05, 0.1) is 29.5 Å². The van der Waals surface area contributed by atoms with Crippen LogP contribution in [0.4, 0.5) is 4.79 Å². The lowest BCUT2D eigenvalue weighted by Crippen LogP contribution is -2.49. The number of ether oxygens (including phenoxy) is 2. The smallest absolute Gasteiger partial charge is 0.407 e. The summed E-state index contributed by atoms with van der Waals surface area (Å²) in [7, 11) is 1.17. The van der Waals surface area contributed by atoms with Crippen LogP contribution in [0.1, 0.15) is 52.6 Å². The van der Waals surface area contributed by atoms with Crippen molar-refractivity contribution in [1.82, 2.24) is 16.0 Å². The monoisotopic (exact) mass is 491 g/mol. The third kappa shape index (κ3) is 8.86. The molecule has 0 radical (unpaired) electrons. The van der Waals surface area contributed by atoms with Gasteiger partial charge in [-0.3, -0.25) is 9.59 Å². The molecule has 34 heavy (non-hydrogen) atoms. The third-order valence-corrected chi connectivity index (χ3v) is 5.62. The van der Waals surface area contributed by atoms with Gasteiger partial charge in [0.15, 0.2) is 0 Å². The predicted molar refractivity (Wildman–Crippen MR) is 132 cm³/mol. The van der Waals surface area contributed by atoms with Crippen molar-refractivity contribution in [2.45, 2.75) is 52.3 Å². The molecule has 10 heteroatoms. The molecular weight excluding hydrogens is 458 g/mol. The highest BCUT2D eigenvalue weighted by Gasteiger charge is 2.26. The largest absolute Gasteiger partial charge is 0.467 e. The quantitative estimate of drug-likeness (QED) is 0.341. The summed E-state index contributed by atoms with van der Waals surface area (Å²) >= 11 is 0.990. The summed E-state index contributed by atoms with van der Waals surface area (Å²) in [6.45, 7) is 15.7. The zero-order chi connectivity index (χ0) is 26.1. The number of carbonyl (C=O) groups excluding carboxylic acids is 4. The van der Waals surface area contributed by atoms with Crippen LogP contribution in [0.15, 0.2) is 43.0 Å². The Labute approximate surface area is 204 Å². The van der Waals surface area contributed by atoms with Crippen molar-refractivity contribution < 1.29 is 28.7 Å². The van der Waals surface area contributed by atoms with Gasteiger partial charge in [-0.05, 0) is 51.8 Å². The molecule has 0 aliphatic rings. The fraction of sp³-hybridized carbons (Fsp3) is 0.417. The SMILES string of the molecule is C=CC=C(C=C)C(C)NC(=O)c1cc(C)c(C(=O)NC(CNC(=O)OC(C)(C)C)C(=O)OC)s1. The Morgan fingerprint density at radius 3 is 2.32 bits per heavy atom. The molecule has 186 valence electrons. The van der Waals surface area contributed by atoms with E-state index in [2.05, 4.69) is 29.1 Å². The fourth-order valence-electron chi connectivity index (χ4n) is 2.75. The fourth-order valence-corrected chi connectivity index (χ4v) is 3.73. The van der Waals surface area contributed by atoms with E-state index in [0.29, 0.717) is 10.4 Å². The molecule has 0 saturated carbocycles. The molecule has 1 aromatic rings. The van der Waals surface area contributed by atoms with E-state index in [1.54, 1.807) is 52.0 Å². The lowest BCUT2D eigenvalue weighted by atomic mass is 10.1. The number of alkyl carbamates (subject to hydrolysis) is 1. The number of rotatable bonds is 10. The van der Waals surface area contributed by atoms with Crippen molar-refractivity contribution in [3.8, 4) is 0 Å². The minimum absolute atomic E-state index is 0.234. The molecule has 0 fully saturated rings. The van der Waals surface area contributed by atoms with E-state index in [9.17, 15) is 19.2 Å². The molecule has 0 aliphatic carbocycles. The van der Waals surface area contributed by atoms with Gasteiger partial charge in [-0.1, -0.05) is 31.4 Å². The maximum Gasteiger partial charge on any atom is 0.407 e. The number of thiophene rings is 1. The van der Waals surface area contributed by atoms with Crippen LogP contribution in [0.25, 0.3) is 0 Å². The second-order valence-electron chi connectivity index (χ2n) is 8.36. The Kier molecular flexibility index (Phi) is 10.7. The van der Waals surface area contributed by atoms with Crippen LogP contribution in [0, 0.1) is 6.92 Å². The number of carbonyl (C=O) groups is 4. The van der Waals surface area contributed by atoms with Gasteiger partial charge in [-0.15, -0.1) is 11.3 Å². The maximum atomic E-state index is 12.9. The van der Waals surface area contributed by atoms with E-state index < -0.39 is 29.6 Å². The lowest BCUT2D eigenvalue weighted by molar-refractivity contribution is -0.142. The first-order valence-electron chi connectivity index (χ1n) is 10.5. The second-order valence-corrected chi connectivity index (χ2v) is 9.41. The highest BCUT2D eigenvalue weighted by molar-refractivity contribution is 7.16. The van der Waals surface area contributed by atoms with Crippen LogP contribution >= 0.6 is 11.3 Å². The molecule has 0 saturated heterocycles. The number of nitrogens with one attached hydrogen (secondary N) is 3. The van der Waals surface area contributed by atoms with Crippen molar-refractivity contribution in [3.63, 3.8) is 0 Å². The number of amides is 3. The highest BCUT2D eigenvalue weighted by atomic mass is 32.1. The highest BCUT2D eigenvalue weighted by Crippen LogP contribution is 2.22. The summed E-state index contributed by atoms with van der Waals surface area (Å²) in [4.78, 5) is 50.2. The van der Waals surface area contributed by atoms with Gasteiger partial charge in [0, 0.05) is 0 Å². The summed E-state index contributed by atoms with van der Waals surface area (Å²) in [6.07, 6.45) is 4.24. The van der Waals surface area contributed by atoms with Crippen molar-refractivity contribution >= 4 is 35.2 Å². The molecule has 2 unspecified atom stereocenters. The van der Waals surface area contributed by atoms with Crippen LogP contribution in [0.5, 0.6) is 0 Å². The van der Waals surface area contributed by atoms with E-state index in [1.165, 1.54) is 7.11 Å². The average Bonchev–Trinajstić information content (AvgIpc) is 3.14. The molecule has 1 rings (SSSR count). The molecule has 0 bridgehead atoms. The van der Waals surface area contributed by atoms with Gasteiger partial charge in [-0.2, -0.15) is 0 Å². The lowest BCUT2D eigenvalue weighted by Gasteiger charge is -2.21. The summed E-state index contributed by atoms with van der Waals surface area (Å²) in [5, 5.41) is 7.83. The number of esters is 1. The van der Waals surface area contributed by atoms with Gasteiger partial charge >= 0.3 is 12.1 Å². The minimum atomic E-state index is -1.15. The molecule has 0 spiro atoms. The first-order chi connectivity index (χ1) is 15.8. The number of hydrogen-bond acceptors (Lipinski definition) is 7. The first kappa shape index (κ1) is 28.6. The Hall–Kier alpha value is -3.40. The second kappa shape index (κ2) is 12.7. The standard InChI is InChI=1S/C24H33N3O6S/c1-9-11-16(10-2)15(4)26-20(28)18-12-14(3)19(34-18)21(29)27-17(22(30)32-8)13-25-23(31)33-24(5,6)7/h9-12,15,17H,1-2,13H2,3-8H3,(H,25,31)(H,26,28)(H,27,29). The normalized spacial score (nSPS) is 13.2. The Bertz CT molecular complexity index is 974. The number of hydrogen-bond donors (Lipinski definition) is 3. The van der Waals surface area contributed by atoms with E-state index in [0.717, 1.165) is 16.9 Å². The molecule has 2 atom stereocenters. The summed E-state index contributed by atoms with van der Waals surface area (Å²) < 4.78 is 9.86. The first-order valence-corrected chi connectivity index (χ1v) is 11.4. The van der Waals surface area contributed by atoms with Gasteiger partial charge in [-0.25, -0.2) is 9.59 Å². The van der Waals surface area contributed by atoms with E-state index in [1.807, 2.05) is 6.92 Å². The van der Waals surface area contributed by atoms with Gasteiger partial charge in [0.1, 0.15) is 11.6 Å². The zero-order valence-electron chi connectivity index (χ0n) is 20.4. The van der Waals surface area contributed by atoms with Crippen LogP contribution < -0.4 is 16.0 Å². The van der Waals surface area contributed by atoms with E-state index >= 15 is 0 Å². The summed E-state index contributed by atoms with van der Waals surface area (Å²) in [5.41, 5.74) is 0.632. The number of methoxy groups -OCH3 is 1. The Morgan fingerprint density at radius 1 is 1.15 bits per heavy atom. The predicted octanol–water partition coefficient (Wildman–Crippen LogP) is 3.27. The van der Waals surface area contributed by atoms with Gasteiger partial charge < -0.3 is 25.4 Å². The number of allylic oxidation sites excluding steroid dienone is 2. The summed E-state index contributed by atoms with van der Waals surface area (Å²) in [6, 6.07) is 0.131. The maximum absolute atomic E-state index is 12.9. The molecule has 3 N–H and O–H groups in total. The molecule has 3 amide bonds. The van der Waals surface area contributed by atoms with Gasteiger partial charge in [0.25, 0.3) is 11.8 Å².